The van der Waals surface area contributed by atoms with Gasteiger partial charge in [0.15, 0.2) is 0 Å². The van der Waals surface area contributed by atoms with Gasteiger partial charge < -0.3 is 9.88 Å². The zero-order valence-corrected chi connectivity index (χ0v) is 15.3. The maximum Gasteiger partial charge on any atom is 0.270 e. The van der Waals surface area contributed by atoms with Gasteiger partial charge in [0.2, 0.25) is 5.91 Å². The van der Waals surface area contributed by atoms with Gasteiger partial charge >= 0.3 is 0 Å². The number of hydrogen-bond acceptors (Lipinski definition) is 4. The van der Waals surface area contributed by atoms with Crippen LogP contribution in [0.1, 0.15) is 37.4 Å². The summed E-state index contributed by atoms with van der Waals surface area (Å²) in [4.78, 5) is 36.1. The SMILES string of the molecule is CCc1nc2ccc(CN3CCN(C(=O)C4CCC4)CC3)cc2[nH]c1=O. The second-order valence-corrected chi connectivity index (χ2v) is 7.45. The molecule has 6 nitrogen and oxygen atoms in total. The van der Waals surface area contributed by atoms with Crippen LogP contribution in [-0.2, 0) is 17.8 Å². The minimum Gasteiger partial charge on any atom is -0.340 e. The molecule has 1 amide bonds. The van der Waals surface area contributed by atoms with Gasteiger partial charge in [0, 0.05) is 38.6 Å². The van der Waals surface area contributed by atoms with Gasteiger partial charge in [-0.3, -0.25) is 14.5 Å². The molecule has 0 bridgehead atoms. The number of fused-ring (bicyclic) bond motifs is 1. The molecule has 0 radical (unpaired) electrons. The van der Waals surface area contributed by atoms with Crippen molar-refractivity contribution in [2.24, 2.45) is 5.92 Å². The first-order valence-corrected chi connectivity index (χ1v) is 9.67. The molecule has 2 aliphatic rings. The third-order valence-corrected chi connectivity index (χ3v) is 5.71. The number of hydrogen-bond donors (Lipinski definition) is 1. The van der Waals surface area contributed by atoms with Crippen LogP contribution in [0.5, 0.6) is 0 Å². The molecular weight excluding hydrogens is 328 g/mol. The molecule has 1 aliphatic carbocycles. The van der Waals surface area contributed by atoms with Gasteiger partial charge in [0.1, 0.15) is 5.69 Å². The Morgan fingerprint density at radius 2 is 2.00 bits per heavy atom. The summed E-state index contributed by atoms with van der Waals surface area (Å²) < 4.78 is 0. The molecule has 138 valence electrons. The highest BCUT2D eigenvalue weighted by Crippen LogP contribution is 2.28. The summed E-state index contributed by atoms with van der Waals surface area (Å²) in [7, 11) is 0. The van der Waals surface area contributed by atoms with Crippen molar-refractivity contribution < 1.29 is 4.79 Å². The molecule has 1 aliphatic heterocycles. The van der Waals surface area contributed by atoms with E-state index >= 15 is 0 Å². The Labute approximate surface area is 153 Å². The van der Waals surface area contributed by atoms with E-state index in [0.29, 0.717) is 23.9 Å². The zero-order valence-electron chi connectivity index (χ0n) is 15.3. The lowest BCUT2D eigenvalue weighted by Gasteiger charge is -2.38. The van der Waals surface area contributed by atoms with Crippen LogP contribution >= 0.6 is 0 Å². The number of carbonyl (C=O) groups is 1. The molecule has 0 spiro atoms. The van der Waals surface area contributed by atoms with Crippen LogP contribution in [0.3, 0.4) is 0 Å². The van der Waals surface area contributed by atoms with Crippen LogP contribution in [0.2, 0.25) is 0 Å². The number of aromatic amines is 1. The number of aromatic nitrogens is 2. The molecule has 2 aromatic rings. The highest BCUT2D eigenvalue weighted by atomic mass is 16.2. The molecular formula is C20H26N4O2. The summed E-state index contributed by atoms with van der Waals surface area (Å²) in [6, 6.07) is 6.09. The number of piperazine rings is 1. The van der Waals surface area contributed by atoms with E-state index in [1.807, 2.05) is 24.0 Å². The molecule has 1 aromatic carbocycles. The van der Waals surface area contributed by atoms with Crippen molar-refractivity contribution in [3.63, 3.8) is 0 Å². The molecule has 0 atom stereocenters. The number of aryl methyl sites for hydroxylation is 1. The number of H-pyrrole nitrogens is 1. The highest BCUT2D eigenvalue weighted by Gasteiger charge is 2.31. The van der Waals surface area contributed by atoms with Crippen LogP contribution in [0, 0.1) is 5.92 Å². The van der Waals surface area contributed by atoms with E-state index in [-0.39, 0.29) is 5.56 Å². The Morgan fingerprint density at radius 1 is 1.23 bits per heavy atom. The molecule has 1 aromatic heterocycles. The summed E-state index contributed by atoms with van der Waals surface area (Å²) in [5.74, 6) is 0.649. The maximum atomic E-state index is 12.3. The van der Waals surface area contributed by atoms with E-state index in [4.69, 9.17) is 0 Å². The van der Waals surface area contributed by atoms with Crippen LogP contribution in [0.25, 0.3) is 11.0 Å². The van der Waals surface area contributed by atoms with Gasteiger partial charge in [-0.2, -0.15) is 0 Å². The number of carbonyl (C=O) groups excluding carboxylic acids is 1. The predicted molar refractivity (Wildman–Crippen MR) is 101 cm³/mol. The van der Waals surface area contributed by atoms with E-state index in [2.05, 4.69) is 20.9 Å². The Bertz CT molecular complexity index is 864. The average Bonchev–Trinajstić information content (AvgIpc) is 2.60. The quantitative estimate of drug-likeness (QED) is 0.911. The molecule has 2 heterocycles. The van der Waals surface area contributed by atoms with Crippen LogP contribution in [0.4, 0.5) is 0 Å². The van der Waals surface area contributed by atoms with Crippen molar-refractivity contribution >= 4 is 16.9 Å². The minimum absolute atomic E-state index is 0.0970. The molecule has 1 saturated heterocycles. The fraction of sp³-hybridized carbons (Fsp3) is 0.550. The molecule has 0 unspecified atom stereocenters. The maximum absolute atomic E-state index is 12.3. The molecule has 26 heavy (non-hydrogen) atoms. The van der Waals surface area contributed by atoms with Crippen LogP contribution < -0.4 is 5.56 Å². The van der Waals surface area contributed by atoms with Gasteiger partial charge in [-0.1, -0.05) is 19.4 Å². The van der Waals surface area contributed by atoms with Gasteiger partial charge in [0.05, 0.1) is 11.0 Å². The van der Waals surface area contributed by atoms with Crippen molar-refractivity contribution in [2.45, 2.75) is 39.2 Å². The zero-order chi connectivity index (χ0) is 18.1. The summed E-state index contributed by atoms with van der Waals surface area (Å²) in [6.45, 7) is 6.22. The second-order valence-electron chi connectivity index (χ2n) is 7.45. The van der Waals surface area contributed by atoms with Gasteiger partial charge in [-0.25, -0.2) is 4.98 Å². The van der Waals surface area contributed by atoms with Crippen molar-refractivity contribution in [2.75, 3.05) is 26.2 Å². The van der Waals surface area contributed by atoms with Gasteiger partial charge in [-0.05, 0) is 37.0 Å². The number of benzene rings is 1. The Kier molecular flexibility index (Phi) is 4.76. The number of rotatable bonds is 4. The number of nitrogens with zero attached hydrogens (tertiary/aromatic N) is 3. The Hall–Kier alpha value is -2.21. The number of nitrogens with one attached hydrogen (secondary N) is 1. The normalized spacial score (nSPS) is 18.9. The predicted octanol–water partition coefficient (Wildman–Crippen LogP) is 1.93. The summed E-state index contributed by atoms with van der Waals surface area (Å²) >= 11 is 0. The first-order chi connectivity index (χ1) is 12.6. The van der Waals surface area contributed by atoms with E-state index in [9.17, 15) is 9.59 Å². The largest absolute Gasteiger partial charge is 0.340 e. The summed E-state index contributed by atoms with van der Waals surface area (Å²) in [5, 5.41) is 0. The fourth-order valence-electron chi connectivity index (χ4n) is 3.81. The number of amides is 1. The highest BCUT2D eigenvalue weighted by molar-refractivity contribution is 5.79. The monoisotopic (exact) mass is 354 g/mol. The Morgan fingerprint density at radius 3 is 2.65 bits per heavy atom. The van der Waals surface area contributed by atoms with E-state index in [0.717, 1.165) is 62.2 Å². The summed E-state index contributed by atoms with van der Waals surface area (Å²) in [6.07, 6.45) is 3.98. The first-order valence-electron chi connectivity index (χ1n) is 9.67. The van der Waals surface area contributed by atoms with E-state index in [1.54, 1.807) is 0 Å². The molecule has 4 rings (SSSR count). The first kappa shape index (κ1) is 17.2. The van der Waals surface area contributed by atoms with Crippen molar-refractivity contribution in [1.29, 1.82) is 0 Å². The van der Waals surface area contributed by atoms with Crippen LogP contribution in [0.15, 0.2) is 23.0 Å². The minimum atomic E-state index is -0.0970. The second kappa shape index (κ2) is 7.19. The third kappa shape index (κ3) is 3.38. The topological polar surface area (TPSA) is 69.3 Å². The lowest BCUT2D eigenvalue weighted by Crippen LogP contribution is -2.50. The molecule has 1 N–H and O–H groups in total. The fourth-order valence-corrected chi connectivity index (χ4v) is 3.81. The van der Waals surface area contributed by atoms with Crippen molar-refractivity contribution in [1.82, 2.24) is 19.8 Å². The molecule has 2 fully saturated rings. The molecule has 1 saturated carbocycles. The van der Waals surface area contributed by atoms with Crippen molar-refractivity contribution in [3.8, 4) is 0 Å². The lowest BCUT2D eigenvalue weighted by atomic mass is 9.84. The lowest BCUT2D eigenvalue weighted by molar-refractivity contribution is -0.140. The van der Waals surface area contributed by atoms with Crippen LogP contribution in [-0.4, -0.2) is 51.9 Å². The Balaban J connectivity index is 1.40. The smallest absolute Gasteiger partial charge is 0.270 e. The average molecular weight is 354 g/mol. The third-order valence-electron chi connectivity index (χ3n) is 5.71. The standard InChI is InChI=1S/C20H26N4O2/c1-2-16-19(25)22-18-12-14(6-7-17(18)21-16)13-23-8-10-24(11-9-23)20(26)15-4-3-5-15/h6-7,12,15H,2-5,8-11,13H2,1H3,(H,22,25). The van der Waals surface area contributed by atoms with Gasteiger partial charge in [0.25, 0.3) is 5.56 Å². The molecule has 6 heteroatoms. The van der Waals surface area contributed by atoms with E-state index < -0.39 is 0 Å². The van der Waals surface area contributed by atoms with Crippen molar-refractivity contribution in [3.05, 3.63) is 39.8 Å². The summed E-state index contributed by atoms with van der Waals surface area (Å²) in [5.41, 5.74) is 3.28. The van der Waals surface area contributed by atoms with Gasteiger partial charge in [-0.15, -0.1) is 0 Å². The van der Waals surface area contributed by atoms with E-state index in [1.165, 1.54) is 6.42 Å².